The Morgan fingerprint density at radius 3 is 2.25 bits per heavy atom. The fourth-order valence-corrected chi connectivity index (χ4v) is 1.41. The molecule has 0 aliphatic carbocycles. The van der Waals surface area contributed by atoms with E-state index in [0.717, 1.165) is 0 Å². The molecule has 16 heavy (non-hydrogen) atoms. The number of nitrogens with zero attached hydrogens (tertiary/aromatic N) is 1. The number of rotatable bonds is 4. The number of ether oxygens (including phenoxy) is 3. The fourth-order valence-electron chi connectivity index (χ4n) is 1.41. The highest BCUT2D eigenvalue weighted by atomic mass is 19.1. The quantitative estimate of drug-likeness (QED) is 0.785. The van der Waals surface area contributed by atoms with Gasteiger partial charge in [-0.15, -0.1) is 0 Å². The van der Waals surface area contributed by atoms with Crippen LogP contribution in [0.5, 0.6) is 17.2 Å². The Balaban J connectivity index is 3.45. The zero-order chi connectivity index (χ0) is 12.1. The predicted molar refractivity (Wildman–Crippen MR) is 55.4 cm³/mol. The largest absolute Gasteiger partial charge is 0.494 e. The van der Waals surface area contributed by atoms with Gasteiger partial charge in [-0.25, -0.2) is 4.39 Å². The zero-order valence-electron chi connectivity index (χ0n) is 9.33. The maximum Gasteiger partial charge on any atom is 0.173 e. The molecule has 0 spiro atoms. The van der Waals surface area contributed by atoms with E-state index in [9.17, 15) is 4.39 Å². The smallest absolute Gasteiger partial charge is 0.173 e. The van der Waals surface area contributed by atoms with Gasteiger partial charge in [-0.2, -0.15) is 5.26 Å². The average Bonchev–Trinajstić information content (AvgIpc) is 2.31. The van der Waals surface area contributed by atoms with Crippen molar-refractivity contribution in [3.05, 3.63) is 17.4 Å². The number of halogens is 1. The average molecular weight is 225 g/mol. The van der Waals surface area contributed by atoms with Crippen molar-refractivity contribution >= 4 is 0 Å². The molecule has 0 aromatic heterocycles. The van der Waals surface area contributed by atoms with E-state index in [2.05, 4.69) is 0 Å². The highest BCUT2D eigenvalue weighted by Crippen LogP contribution is 2.38. The molecular formula is C11H12FNO3. The van der Waals surface area contributed by atoms with Gasteiger partial charge < -0.3 is 14.2 Å². The second-order valence-electron chi connectivity index (χ2n) is 2.94. The zero-order valence-corrected chi connectivity index (χ0v) is 9.33. The summed E-state index contributed by atoms with van der Waals surface area (Å²) < 4.78 is 28.7. The van der Waals surface area contributed by atoms with Crippen LogP contribution in [0.25, 0.3) is 0 Å². The lowest BCUT2D eigenvalue weighted by Gasteiger charge is -2.14. The summed E-state index contributed by atoms with van der Waals surface area (Å²) in [5.41, 5.74) is 0.140. The van der Waals surface area contributed by atoms with Crippen molar-refractivity contribution in [3.8, 4) is 23.3 Å². The maximum atomic E-state index is 13.8. The lowest BCUT2D eigenvalue weighted by molar-refractivity contribution is 0.335. The molecule has 0 fully saturated rings. The number of nitriles is 1. The van der Waals surface area contributed by atoms with Crippen LogP contribution >= 0.6 is 0 Å². The third-order valence-electron chi connectivity index (χ3n) is 2.14. The van der Waals surface area contributed by atoms with Crippen LogP contribution in [0.15, 0.2) is 6.07 Å². The summed E-state index contributed by atoms with van der Waals surface area (Å²) in [4.78, 5) is 0. The minimum absolute atomic E-state index is 0.0305. The number of hydrogen-bond acceptors (Lipinski definition) is 4. The standard InChI is InChI=1S/C11H12FNO3/c1-14-8-6-9(15-2)11(16-3)7(4-5-13)10(8)12/h6H,4H2,1-3H3. The molecule has 86 valence electrons. The fraction of sp³-hybridized carbons (Fsp3) is 0.364. The molecule has 5 heteroatoms. The number of hydrogen-bond donors (Lipinski definition) is 0. The predicted octanol–water partition coefficient (Wildman–Crippen LogP) is 1.92. The highest BCUT2D eigenvalue weighted by molar-refractivity contribution is 5.53. The topological polar surface area (TPSA) is 51.5 Å². The first-order valence-corrected chi connectivity index (χ1v) is 4.53. The molecule has 0 unspecified atom stereocenters. The van der Waals surface area contributed by atoms with Gasteiger partial charge in [0.25, 0.3) is 0 Å². The molecule has 0 N–H and O–H groups in total. The summed E-state index contributed by atoms with van der Waals surface area (Å²) in [6.45, 7) is 0. The first kappa shape index (κ1) is 12.1. The Morgan fingerprint density at radius 1 is 1.19 bits per heavy atom. The minimum atomic E-state index is -0.596. The maximum absolute atomic E-state index is 13.8. The molecule has 4 nitrogen and oxygen atoms in total. The van der Waals surface area contributed by atoms with E-state index in [-0.39, 0.29) is 23.5 Å². The van der Waals surface area contributed by atoms with Gasteiger partial charge in [0.15, 0.2) is 23.1 Å². The first-order valence-electron chi connectivity index (χ1n) is 4.53. The van der Waals surface area contributed by atoms with Crippen LogP contribution in [-0.2, 0) is 6.42 Å². The molecule has 1 aromatic rings. The normalized spacial score (nSPS) is 9.44. The van der Waals surface area contributed by atoms with Crippen LogP contribution in [0.1, 0.15) is 5.56 Å². The van der Waals surface area contributed by atoms with Crippen LogP contribution in [0, 0.1) is 17.1 Å². The van der Waals surface area contributed by atoms with Gasteiger partial charge in [-0.3, -0.25) is 0 Å². The second-order valence-corrected chi connectivity index (χ2v) is 2.94. The van der Waals surface area contributed by atoms with E-state index < -0.39 is 5.82 Å². The first-order chi connectivity index (χ1) is 7.69. The van der Waals surface area contributed by atoms with Crippen molar-refractivity contribution in [1.82, 2.24) is 0 Å². The summed E-state index contributed by atoms with van der Waals surface area (Å²) in [6, 6.07) is 3.26. The van der Waals surface area contributed by atoms with E-state index in [1.807, 2.05) is 6.07 Å². The molecule has 1 aromatic carbocycles. The Kier molecular flexibility index (Phi) is 3.95. The third-order valence-corrected chi connectivity index (χ3v) is 2.14. The number of benzene rings is 1. The van der Waals surface area contributed by atoms with Crippen molar-refractivity contribution in [2.75, 3.05) is 21.3 Å². The van der Waals surface area contributed by atoms with Gasteiger partial charge in [0.05, 0.1) is 39.4 Å². The van der Waals surface area contributed by atoms with Crippen LogP contribution in [0.3, 0.4) is 0 Å². The van der Waals surface area contributed by atoms with Crippen LogP contribution in [0.2, 0.25) is 0 Å². The Morgan fingerprint density at radius 2 is 1.81 bits per heavy atom. The summed E-state index contributed by atoms with van der Waals surface area (Å²) in [5, 5.41) is 8.64. The van der Waals surface area contributed by atoms with Crippen LogP contribution < -0.4 is 14.2 Å². The van der Waals surface area contributed by atoms with Crippen molar-refractivity contribution in [3.63, 3.8) is 0 Å². The van der Waals surface area contributed by atoms with Crippen LogP contribution in [0.4, 0.5) is 4.39 Å². The van der Waals surface area contributed by atoms with E-state index >= 15 is 0 Å². The molecule has 1 rings (SSSR count). The lowest BCUT2D eigenvalue weighted by atomic mass is 10.1. The van der Waals surface area contributed by atoms with Crippen molar-refractivity contribution in [2.24, 2.45) is 0 Å². The van der Waals surface area contributed by atoms with Crippen LogP contribution in [-0.4, -0.2) is 21.3 Å². The van der Waals surface area contributed by atoms with Gasteiger partial charge in [0, 0.05) is 6.07 Å². The molecule has 0 bridgehead atoms. The van der Waals surface area contributed by atoms with E-state index in [1.54, 1.807) is 0 Å². The lowest BCUT2D eigenvalue weighted by Crippen LogP contribution is -2.01. The van der Waals surface area contributed by atoms with E-state index in [1.165, 1.54) is 27.4 Å². The van der Waals surface area contributed by atoms with Gasteiger partial charge in [0.1, 0.15) is 0 Å². The molecule has 0 radical (unpaired) electrons. The summed E-state index contributed by atoms with van der Waals surface area (Å²) >= 11 is 0. The van der Waals surface area contributed by atoms with Gasteiger partial charge in [0.2, 0.25) is 0 Å². The molecule has 0 saturated carbocycles. The number of methoxy groups -OCH3 is 3. The summed E-state index contributed by atoms with van der Waals surface area (Å²) in [5.74, 6) is -0.00190. The van der Waals surface area contributed by atoms with Gasteiger partial charge in [-0.05, 0) is 0 Å². The van der Waals surface area contributed by atoms with Gasteiger partial charge >= 0.3 is 0 Å². The molecule has 0 aliphatic heterocycles. The highest BCUT2D eigenvalue weighted by Gasteiger charge is 2.19. The van der Waals surface area contributed by atoms with Crippen molar-refractivity contribution in [2.45, 2.75) is 6.42 Å². The SMILES string of the molecule is COc1cc(OC)c(OC)c(CC#N)c1F. The Hall–Kier alpha value is -1.96. The Bertz CT molecular complexity index is 426. The molecule has 0 heterocycles. The summed E-state index contributed by atoms with van der Waals surface area (Å²) in [7, 11) is 4.18. The molecule has 0 saturated heterocycles. The Labute approximate surface area is 93.2 Å². The minimum Gasteiger partial charge on any atom is -0.494 e. The van der Waals surface area contributed by atoms with E-state index in [4.69, 9.17) is 19.5 Å². The third kappa shape index (κ3) is 2.01. The monoisotopic (exact) mass is 225 g/mol. The van der Waals surface area contributed by atoms with Gasteiger partial charge in [-0.1, -0.05) is 0 Å². The van der Waals surface area contributed by atoms with E-state index in [0.29, 0.717) is 5.75 Å². The molecule has 0 amide bonds. The molecule has 0 aliphatic rings. The molecule has 0 atom stereocenters. The second kappa shape index (κ2) is 5.21. The summed E-state index contributed by atoms with van der Waals surface area (Å²) in [6.07, 6.45) is -0.109. The van der Waals surface area contributed by atoms with Crippen molar-refractivity contribution in [1.29, 1.82) is 5.26 Å². The molecular weight excluding hydrogens is 213 g/mol. The van der Waals surface area contributed by atoms with Crippen molar-refractivity contribution < 1.29 is 18.6 Å².